The van der Waals surface area contributed by atoms with Crippen molar-refractivity contribution in [2.24, 2.45) is 0 Å². The van der Waals surface area contributed by atoms with E-state index in [4.69, 9.17) is 16.7 Å². The van der Waals surface area contributed by atoms with Gasteiger partial charge in [-0.15, -0.1) is 0 Å². The first kappa shape index (κ1) is 18.5. The maximum atomic E-state index is 11.0. The number of hydrogen-bond donors (Lipinski definition) is 4. The molecule has 3 rings (SSSR count). The number of aromatic nitrogens is 5. The van der Waals surface area contributed by atoms with Crippen molar-refractivity contribution in [2.45, 2.75) is 38.6 Å². The van der Waals surface area contributed by atoms with Gasteiger partial charge in [0.05, 0.1) is 5.39 Å². The van der Waals surface area contributed by atoms with Crippen molar-refractivity contribution in [3.63, 3.8) is 0 Å². The Balaban J connectivity index is 1.73. The fourth-order valence-electron chi connectivity index (χ4n) is 2.89. The van der Waals surface area contributed by atoms with Crippen LogP contribution in [0.4, 0.5) is 11.6 Å². The Morgan fingerprint density at radius 3 is 2.67 bits per heavy atom. The number of fused-ring (bicyclic) bond motifs is 1. The van der Waals surface area contributed by atoms with Crippen LogP contribution in [0.2, 0.25) is 0 Å². The predicted octanol–water partition coefficient (Wildman–Crippen LogP) is 1.51. The number of amides is 1. The molecule has 0 atom stereocenters. The number of aryl methyl sites for hydroxylation is 1. The van der Waals surface area contributed by atoms with Crippen LogP contribution in [0.25, 0.3) is 22.3 Å². The number of unbranched alkanes of at least 4 members (excludes halogenated alkanes) is 3. The van der Waals surface area contributed by atoms with E-state index in [2.05, 4.69) is 20.1 Å². The standard InChI is InChI=1S/C17H22N8O2/c18-12-7-6-11(9-20-12)15-14-16(19)21-10-22-17(14)25(23-15)8-4-2-1-3-5-13(26)24-27/h6-7,9-10,27H,1-5,8H2,(H2,18,20)(H,24,26)(H2,19,21,22). The molecule has 10 heteroatoms. The largest absolute Gasteiger partial charge is 0.384 e. The van der Waals surface area contributed by atoms with Gasteiger partial charge in [0, 0.05) is 24.7 Å². The highest BCUT2D eigenvalue weighted by Gasteiger charge is 2.17. The Bertz CT molecular complexity index is 923. The van der Waals surface area contributed by atoms with Gasteiger partial charge in [-0.25, -0.2) is 25.1 Å². The summed E-state index contributed by atoms with van der Waals surface area (Å²) in [5.41, 5.74) is 15.5. The molecule has 3 heterocycles. The monoisotopic (exact) mass is 370 g/mol. The number of nitrogens with two attached hydrogens (primary N) is 2. The van der Waals surface area contributed by atoms with Gasteiger partial charge in [0.1, 0.15) is 23.7 Å². The average Bonchev–Trinajstić information content (AvgIpc) is 3.05. The molecule has 3 aromatic rings. The van der Waals surface area contributed by atoms with Crippen molar-refractivity contribution in [3.8, 4) is 11.3 Å². The van der Waals surface area contributed by atoms with Crippen LogP contribution in [0.15, 0.2) is 24.7 Å². The predicted molar refractivity (Wildman–Crippen MR) is 100 cm³/mol. The van der Waals surface area contributed by atoms with Crippen molar-refractivity contribution >= 4 is 28.6 Å². The zero-order valence-corrected chi connectivity index (χ0v) is 14.8. The summed E-state index contributed by atoms with van der Waals surface area (Å²) in [6.45, 7) is 0.668. The second kappa shape index (κ2) is 8.41. The molecule has 142 valence electrons. The Morgan fingerprint density at radius 2 is 1.93 bits per heavy atom. The maximum absolute atomic E-state index is 11.0. The SMILES string of the molecule is Nc1ccc(-c2nn(CCCCCCC(=O)NO)c3ncnc(N)c23)cn1. The number of hydroxylamine groups is 1. The van der Waals surface area contributed by atoms with Gasteiger partial charge in [-0.1, -0.05) is 12.8 Å². The smallest absolute Gasteiger partial charge is 0.243 e. The fraction of sp³-hybridized carbons (Fsp3) is 0.353. The number of carbonyl (C=O) groups excluding carboxylic acids is 1. The van der Waals surface area contributed by atoms with E-state index in [1.807, 2.05) is 10.7 Å². The molecule has 0 saturated carbocycles. The lowest BCUT2D eigenvalue weighted by Crippen LogP contribution is -2.17. The third-order valence-electron chi connectivity index (χ3n) is 4.27. The van der Waals surface area contributed by atoms with Crippen LogP contribution in [0.3, 0.4) is 0 Å². The second-order valence-corrected chi connectivity index (χ2v) is 6.20. The third-order valence-corrected chi connectivity index (χ3v) is 4.27. The minimum Gasteiger partial charge on any atom is -0.384 e. The first-order valence-electron chi connectivity index (χ1n) is 8.72. The second-order valence-electron chi connectivity index (χ2n) is 6.20. The summed E-state index contributed by atoms with van der Waals surface area (Å²) < 4.78 is 1.82. The number of rotatable bonds is 8. The number of nitrogen functional groups attached to an aromatic ring is 2. The van der Waals surface area contributed by atoms with Crippen molar-refractivity contribution in [3.05, 3.63) is 24.7 Å². The molecule has 0 aromatic carbocycles. The maximum Gasteiger partial charge on any atom is 0.243 e. The molecule has 10 nitrogen and oxygen atoms in total. The van der Waals surface area contributed by atoms with Gasteiger partial charge in [-0.3, -0.25) is 10.0 Å². The third kappa shape index (κ3) is 4.29. The van der Waals surface area contributed by atoms with E-state index in [9.17, 15) is 4.79 Å². The van der Waals surface area contributed by atoms with Crippen LogP contribution in [-0.4, -0.2) is 35.8 Å². The summed E-state index contributed by atoms with van der Waals surface area (Å²) in [5.74, 6) is 0.441. The van der Waals surface area contributed by atoms with Crippen LogP contribution >= 0.6 is 0 Å². The van der Waals surface area contributed by atoms with Crippen LogP contribution in [-0.2, 0) is 11.3 Å². The van der Waals surface area contributed by atoms with Gasteiger partial charge in [-0.05, 0) is 25.0 Å². The van der Waals surface area contributed by atoms with Gasteiger partial charge < -0.3 is 11.5 Å². The quantitative estimate of drug-likeness (QED) is 0.264. The lowest BCUT2D eigenvalue weighted by Gasteiger charge is -2.03. The summed E-state index contributed by atoms with van der Waals surface area (Å²) in [6, 6.07) is 3.55. The molecule has 0 aliphatic rings. The zero-order chi connectivity index (χ0) is 19.2. The number of hydrogen-bond acceptors (Lipinski definition) is 8. The Labute approximate surface area is 155 Å². The number of nitrogens with zero attached hydrogens (tertiary/aromatic N) is 5. The van der Waals surface area contributed by atoms with E-state index in [0.29, 0.717) is 41.3 Å². The van der Waals surface area contributed by atoms with E-state index < -0.39 is 0 Å². The minimum absolute atomic E-state index is 0.319. The van der Waals surface area contributed by atoms with Crippen molar-refractivity contribution in [2.75, 3.05) is 11.5 Å². The molecule has 6 N–H and O–H groups in total. The molecule has 0 aliphatic heterocycles. The molecule has 0 fully saturated rings. The van der Waals surface area contributed by atoms with E-state index in [1.54, 1.807) is 17.7 Å². The minimum atomic E-state index is -0.359. The highest BCUT2D eigenvalue weighted by Crippen LogP contribution is 2.30. The van der Waals surface area contributed by atoms with Gasteiger partial charge in [0.25, 0.3) is 0 Å². The molecular weight excluding hydrogens is 348 g/mol. The lowest BCUT2D eigenvalue weighted by molar-refractivity contribution is -0.129. The van der Waals surface area contributed by atoms with Crippen LogP contribution in [0.5, 0.6) is 0 Å². The zero-order valence-electron chi connectivity index (χ0n) is 14.8. The Hall–Kier alpha value is -3.27. The van der Waals surface area contributed by atoms with E-state index in [0.717, 1.165) is 31.2 Å². The molecule has 0 spiro atoms. The molecule has 0 aliphatic carbocycles. The Kier molecular flexibility index (Phi) is 5.77. The molecule has 0 radical (unpaired) electrons. The average molecular weight is 370 g/mol. The molecule has 27 heavy (non-hydrogen) atoms. The van der Waals surface area contributed by atoms with Crippen LogP contribution < -0.4 is 16.9 Å². The number of anilines is 2. The van der Waals surface area contributed by atoms with E-state index >= 15 is 0 Å². The summed E-state index contributed by atoms with van der Waals surface area (Å²) in [5, 5.41) is 13.8. The molecule has 3 aromatic heterocycles. The number of pyridine rings is 1. The highest BCUT2D eigenvalue weighted by molar-refractivity contribution is 5.98. The summed E-state index contributed by atoms with van der Waals surface area (Å²) >= 11 is 0. The Morgan fingerprint density at radius 1 is 1.11 bits per heavy atom. The first-order chi connectivity index (χ1) is 13.1. The van der Waals surface area contributed by atoms with Crippen LogP contribution in [0.1, 0.15) is 32.1 Å². The fourth-order valence-corrected chi connectivity index (χ4v) is 2.89. The number of carbonyl (C=O) groups is 1. The van der Waals surface area contributed by atoms with Gasteiger partial charge in [0.15, 0.2) is 5.65 Å². The van der Waals surface area contributed by atoms with Crippen molar-refractivity contribution < 1.29 is 10.0 Å². The molecular formula is C17H22N8O2. The normalized spacial score (nSPS) is 11.0. The van der Waals surface area contributed by atoms with Gasteiger partial charge >= 0.3 is 0 Å². The van der Waals surface area contributed by atoms with Gasteiger partial charge in [0.2, 0.25) is 5.91 Å². The summed E-state index contributed by atoms with van der Waals surface area (Å²) in [7, 11) is 0. The molecule has 0 unspecified atom stereocenters. The first-order valence-corrected chi connectivity index (χ1v) is 8.72. The summed E-state index contributed by atoms with van der Waals surface area (Å²) in [6.07, 6.45) is 6.82. The van der Waals surface area contributed by atoms with E-state index in [1.165, 1.54) is 6.33 Å². The topological polar surface area (TPSA) is 158 Å². The molecule has 1 amide bonds. The van der Waals surface area contributed by atoms with Gasteiger partial charge in [-0.2, -0.15) is 5.10 Å². The highest BCUT2D eigenvalue weighted by atomic mass is 16.5. The van der Waals surface area contributed by atoms with Crippen LogP contribution in [0, 0.1) is 0 Å². The van der Waals surface area contributed by atoms with Crippen molar-refractivity contribution in [1.29, 1.82) is 0 Å². The van der Waals surface area contributed by atoms with Crippen molar-refractivity contribution in [1.82, 2.24) is 30.2 Å². The summed E-state index contributed by atoms with van der Waals surface area (Å²) in [4.78, 5) is 23.5. The molecule has 0 saturated heterocycles. The van der Waals surface area contributed by atoms with E-state index in [-0.39, 0.29) is 5.91 Å². The molecule has 0 bridgehead atoms. The lowest BCUT2D eigenvalue weighted by atomic mass is 10.1. The number of nitrogens with one attached hydrogen (secondary N) is 1.